The Morgan fingerprint density at radius 1 is 1.29 bits per heavy atom. The van der Waals surface area contributed by atoms with Crippen molar-refractivity contribution < 1.29 is 4.79 Å². The maximum absolute atomic E-state index is 11.5. The molecule has 1 fully saturated rings. The number of amides is 1. The first-order valence-corrected chi connectivity index (χ1v) is 5.66. The predicted octanol–water partition coefficient (Wildman–Crippen LogP) is 1.77. The smallest absolute Gasteiger partial charge is 0.299 e. The van der Waals surface area contributed by atoms with E-state index in [4.69, 9.17) is 0 Å². The van der Waals surface area contributed by atoms with Gasteiger partial charge in [0.2, 0.25) is 0 Å². The van der Waals surface area contributed by atoms with Crippen LogP contribution in [0.4, 0.5) is 0 Å². The quantitative estimate of drug-likeness (QED) is 0.476. The zero-order valence-corrected chi connectivity index (χ0v) is 9.46. The average molecular weight is 254 g/mol. The highest BCUT2D eigenvalue weighted by molar-refractivity contribution is 9.12. The SMILES string of the molecule is O=C(C#CBr)N1CC2CC=CCC2C1. The average Bonchev–Trinajstić information content (AvgIpc) is 2.61. The minimum atomic E-state index is -0.0451. The maximum Gasteiger partial charge on any atom is 0.299 e. The van der Waals surface area contributed by atoms with Crippen LogP contribution in [0.3, 0.4) is 0 Å². The van der Waals surface area contributed by atoms with Crippen LogP contribution in [0.15, 0.2) is 12.2 Å². The van der Waals surface area contributed by atoms with E-state index in [2.05, 4.69) is 38.8 Å². The van der Waals surface area contributed by atoms with E-state index in [-0.39, 0.29) is 5.91 Å². The Hall–Kier alpha value is -0.750. The molecule has 1 heterocycles. The fraction of sp³-hybridized carbons (Fsp3) is 0.545. The number of hydrogen-bond donors (Lipinski definition) is 0. The lowest BCUT2D eigenvalue weighted by atomic mass is 9.86. The van der Waals surface area contributed by atoms with E-state index in [9.17, 15) is 4.79 Å². The van der Waals surface area contributed by atoms with Crippen molar-refractivity contribution in [1.82, 2.24) is 4.90 Å². The molecule has 2 rings (SSSR count). The van der Waals surface area contributed by atoms with Crippen LogP contribution < -0.4 is 0 Å². The van der Waals surface area contributed by atoms with Gasteiger partial charge >= 0.3 is 0 Å². The molecule has 14 heavy (non-hydrogen) atoms. The number of carbonyl (C=O) groups is 1. The molecule has 0 saturated carbocycles. The molecule has 0 radical (unpaired) electrons. The lowest BCUT2D eigenvalue weighted by molar-refractivity contribution is -0.124. The number of halogens is 1. The summed E-state index contributed by atoms with van der Waals surface area (Å²) < 4.78 is 0. The molecule has 1 aliphatic heterocycles. The van der Waals surface area contributed by atoms with E-state index in [1.165, 1.54) is 0 Å². The van der Waals surface area contributed by atoms with Gasteiger partial charge in [-0.3, -0.25) is 4.79 Å². The van der Waals surface area contributed by atoms with Crippen molar-refractivity contribution in [3.05, 3.63) is 12.2 Å². The number of likely N-dealkylation sites (tertiary alicyclic amines) is 1. The zero-order valence-electron chi connectivity index (χ0n) is 7.87. The molecular weight excluding hydrogens is 242 g/mol. The molecule has 0 aromatic rings. The van der Waals surface area contributed by atoms with E-state index >= 15 is 0 Å². The van der Waals surface area contributed by atoms with Crippen LogP contribution in [0.5, 0.6) is 0 Å². The van der Waals surface area contributed by atoms with Gasteiger partial charge in [0.1, 0.15) is 0 Å². The molecule has 2 atom stereocenters. The third-order valence-corrected chi connectivity index (χ3v) is 3.26. The summed E-state index contributed by atoms with van der Waals surface area (Å²) in [6.07, 6.45) is 6.70. The van der Waals surface area contributed by atoms with Crippen molar-refractivity contribution in [2.75, 3.05) is 13.1 Å². The molecule has 0 aromatic carbocycles. The third kappa shape index (κ3) is 1.85. The van der Waals surface area contributed by atoms with Crippen molar-refractivity contribution in [3.8, 4) is 10.8 Å². The van der Waals surface area contributed by atoms with Crippen LogP contribution in [0, 0.1) is 22.6 Å². The molecular formula is C11H12BrNO. The van der Waals surface area contributed by atoms with E-state index in [1.54, 1.807) is 0 Å². The van der Waals surface area contributed by atoms with Gasteiger partial charge in [0, 0.05) is 34.9 Å². The second kappa shape index (κ2) is 4.18. The highest BCUT2D eigenvalue weighted by atomic mass is 79.9. The summed E-state index contributed by atoms with van der Waals surface area (Å²) in [5.74, 6) is 3.82. The number of fused-ring (bicyclic) bond motifs is 1. The van der Waals surface area contributed by atoms with E-state index in [0.29, 0.717) is 11.8 Å². The first-order chi connectivity index (χ1) is 6.81. The van der Waals surface area contributed by atoms with Gasteiger partial charge < -0.3 is 4.90 Å². The minimum Gasteiger partial charge on any atom is -0.331 e. The Bertz CT molecular complexity index is 310. The van der Waals surface area contributed by atoms with Gasteiger partial charge in [-0.25, -0.2) is 0 Å². The maximum atomic E-state index is 11.5. The summed E-state index contributed by atoms with van der Waals surface area (Å²) in [5.41, 5.74) is 0. The van der Waals surface area contributed by atoms with Gasteiger partial charge in [0.15, 0.2) is 0 Å². The van der Waals surface area contributed by atoms with Crippen LogP contribution in [-0.4, -0.2) is 23.9 Å². The van der Waals surface area contributed by atoms with Gasteiger partial charge in [0.05, 0.1) is 0 Å². The van der Waals surface area contributed by atoms with Gasteiger partial charge in [-0.2, -0.15) is 0 Å². The second-order valence-electron chi connectivity index (χ2n) is 3.89. The molecule has 0 N–H and O–H groups in total. The van der Waals surface area contributed by atoms with Crippen molar-refractivity contribution in [2.24, 2.45) is 11.8 Å². The summed E-state index contributed by atoms with van der Waals surface area (Å²) in [5, 5.41) is 0. The molecule has 2 aliphatic rings. The molecule has 0 bridgehead atoms. The van der Waals surface area contributed by atoms with Crippen LogP contribution in [0.25, 0.3) is 0 Å². The molecule has 2 unspecified atom stereocenters. The summed E-state index contributed by atoms with van der Waals surface area (Å²) in [6, 6.07) is 0. The molecule has 74 valence electrons. The first kappa shape index (κ1) is 9.79. The lowest BCUT2D eigenvalue weighted by Gasteiger charge is -2.17. The summed E-state index contributed by atoms with van der Waals surface area (Å²) in [6.45, 7) is 1.77. The summed E-state index contributed by atoms with van der Waals surface area (Å²) >= 11 is 2.95. The molecule has 0 aromatic heterocycles. The highest BCUT2D eigenvalue weighted by Gasteiger charge is 2.34. The van der Waals surface area contributed by atoms with Gasteiger partial charge in [-0.15, -0.1) is 0 Å². The topological polar surface area (TPSA) is 20.3 Å². The molecule has 1 aliphatic carbocycles. The van der Waals surface area contributed by atoms with Crippen LogP contribution in [0.1, 0.15) is 12.8 Å². The monoisotopic (exact) mass is 253 g/mol. The van der Waals surface area contributed by atoms with Crippen molar-refractivity contribution >= 4 is 21.8 Å². The van der Waals surface area contributed by atoms with Crippen molar-refractivity contribution in [1.29, 1.82) is 0 Å². The number of nitrogens with zero attached hydrogens (tertiary/aromatic N) is 1. The normalized spacial score (nSPS) is 29.4. The summed E-state index contributed by atoms with van der Waals surface area (Å²) in [4.78, 5) is 15.8. The molecule has 1 saturated heterocycles. The predicted molar refractivity (Wildman–Crippen MR) is 58.6 cm³/mol. The lowest BCUT2D eigenvalue weighted by Crippen LogP contribution is -2.27. The van der Waals surface area contributed by atoms with E-state index in [0.717, 1.165) is 25.9 Å². The van der Waals surface area contributed by atoms with Crippen molar-refractivity contribution in [2.45, 2.75) is 12.8 Å². The molecule has 2 nitrogen and oxygen atoms in total. The van der Waals surface area contributed by atoms with Gasteiger partial charge in [-0.1, -0.05) is 12.2 Å². The van der Waals surface area contributed by atoms with Gasteiger partial charge in [-0.05, 0) is 29.5 Å². The number of carbonyl (C=O) groups excluding carboxylic acids is 1. The molecule has 0 spiro atoms. The van der Waals surface area contributed by atoms with Gasteiger partial charge in [0.25, 0.3) is 5.91 Å². The van der Waals surface area contributed by atoms with E-state index in [1.807, 2.05) is 4.90 Å². The van der Waals surface area contributed by atoms with Crippen LogP contribution >= 0.6 is 15.9 Å². The number of rotatable bonds is 0. The zero-order chi connectivity index (χ0) is 9.97. The molecule has 1 amide bonds. The number of hydrogen-bond acceptors (Lipinski definition) is 1. The Kier molecular flexibility index (Phi) is 2.93. The Labute approximate surface area is 92.5 Å². The second-order valence-corrected chi connectivity index (χ2v) is 4.29. The Morgan fingerprint density at radius 3 is 2.36 bits per heavy atom. The Morgan fingerprint density at radius 2 is 1.86 bits per heavy atom. The van der Waals surface area contributed by atoms with Crippen LogP contribution in [-0.2, 0) is 4.79 Å². The fourth-order valence-electron chi connectivity index (χ4n) is 2.30. The molecule has 3 heteroatoms. The fourth-order valence-corrected chi connectivity index (χ4v) is 2.47. The Balaban J connectivity index is 2.00. The number of allylic oxidation sites excluding steroid dienone is 2. The first-order valence-electron chi connectivity index (χ1n) is 4.87. The van der Waals surface area contributed by atoms with E-state index < -0.39 is 0 Å². The van der Waals surface area contributed by atoms with Crippen molar-refractivity contribution in [3.63, 3.8) is 0 Å². The summed E-state index contributed by atoms with van der Waals surface area (Å²) in [7, 11) is 0. The third-order valence-electron chi connectivity index (χ3n) is 3.06. The highest BCUT2D eigenvalue weighted by Crippen LogP contribution is 2.32. The standard InChI is InChI=1S/C11H12BrNO/c12-6-5-11(14)13-7-9-3-1-2-4-10(9)8-13/h1-2,9-10H,3-4,7-8H2. The minimum absolute atomic E-state index is 0.0451. The van der Waals surface area contributed by atoms with Crippen LogP contribution in [0.2, 0.25) is 0 Å². The largest absolute Gasteiger partial charge is 0.331 e.